The third-order valence-corrected chi connectivity index (χ3v) is 8.08. The number of para-hydroxylation sites is 1. The lowest BCUT2D eigenvalue weighted by Crippen LogP contribution is -2.32. The van der Waals surface area contributed by atoms with E-state index in [-0.39, 0.29) is 11.7 Å². The molecule has 0 aliphatic carbocycles. The fourth-order valence-electron chi connectivity index (χ4n) is 4.81. The average molecular weight is 653 g/mol. The molecule has 0 radical (unpaired) electrons. The highest BCUT2D eigenvalue weighted by Gasteiger charge is 2.32. The molecule has 1 fully saturated rings. The van der Waals surface area contributed by atoms with Gasteiger partial charge in [0, 0.05) is 12.1 Å². The molecule has 1 saturated heterocycles. The Morgan fingerprint density at radius 3 is 2.53 bits per heavy atom. The van der Waals surface area contributed by atoms with Gasteiger partial charge in [0.2, 0.25) is 5.91 Å². The van der Waals surface area contributed by atoms with Gasteiger partial charge < -0.3 is 10.1 Å². The number of aryl methyl sites for hydroxylation is 2. The van der Waals surface area contributed by atoms with Crippen LogP contribution in [0.1, 0.15) is 37.3 Å². The van der Waals surface area contributed by atoms with E-state index in [0.717, 1.165) is 48.9 Å². The summed E-state index contributed by atoms with van der Waals surface area (Å²) in [7, 11) is 0. The molecule has 5 rings (SSSR count). The van der Waals surface area contributed by atoms with E-state index in [2.05, 4.69) is 32.1 Å². The number of aromatic nitrogens is 3. The number of benzene rings is 3. The summed E-state index contributed by atoms with van der Waals surface area (Å²) in [6.45, 7) is 2.79. The Morgan fingerprint density at radius 2 is 1.80 bits per heavy atom. The number of alkyl halides is 3. The van der Waals surface area contributed by atoms with Crippen molar-refractivity contribution in [2.75, 3.05) is 17.2 Å². The van der Waals surface area contributed by atoms with Crippen LogP contribution < -0.4 is 15.0 Å². The van der Waals surface area contributed by atoms with Crippen LogP contribution in [0.3, 0.4) is 0 Å². The number of rotatable bonds is 11. The lowest BCUT2D eigenvalue weighted by molar-refractivity contribution is -0.274. The Hall–Kier alpha value is -4.23. The molecule has 0 spiro atoms. The van der Waals surface area contributed by atoms with Crippen LogP contribution in [0.5, 0.6) is 5.75 Å². The van der Waals surface area contributed by atoms with Crippen molar-refractivity contribution in [1.29, 1.82) is 0 Å². The van der Waals surface area contributed by atoms with E-state index >= 15 is 0 Å². The van der Waals surface area contributed by atoms with E-state index in [4.69, 9.17) is 12.2 Å². The van der Waals surface area contributed by atoms with Crippen LogP contribution in [0.4, 0.5) is 18.9 Å². The Bertz CT molecular complexity index is 1660. The summed E-state index contributed by atoms with van der Waals surface area (Å²) in [6.07, 6.45) is 1.35. The molecule has 1 aromatic heterocycles. The number of hydrogen-bond acceptors (Lipinski definition) is 6. The first-order valence-electron chi connectivity index (χ1n) is 14.5. The second-order valence-electron chi connectivity index (χ2n) is 10.2. The number of amidine groups is 1. The van der Waals surface area contributed by atoms with E-state index in [9.17, 15) is 18.0 Å². The van der Waals surface area contributed by atoms with Crippen molar-refractivity contribution < 1.29 is 22.7 Å². The molecule has 234 valence electrons. The molecule has 0 atom stereocenters. The van der Waals surface area contributed by atoms with Crippen molar-refractivity contribution in [2.45, 2.75) is 45.4 Å². The molecule has 8 nitrogen and oxygen atoms in total. The maximum absolute atomic E-state index is 12.7. The van der Waals surface area contributed by atoms with E-state index < -0.39 is 6.36 Å². The third-order valence-electron chi connectivity index (χ3n) is 6.92. The number of amides is 1. The van der Waals surface area contributed by atoms with E-state index in [1.54, 1.807) is 4.90 Å². The number of nitrogens with zero attached hydrogens (tertiary/aromatic N) is 5. The van der Waals surface area contributed by atoms with Gasteiger partial charge in [0.15, 0.2) is 16.1 Å². The summed E-state index contributed by atoms with van der Waals surface area (Å²) in [5.41, 5.74) is 4.55. The molecular weight excluding hydrogens is 622 g/mol. The topological polar surface area (TPSA) is 84.6 Å². The van der Waals surface area contributed by atoms with Crippen molar-refractivity contribution in [1.82, 2.24) is 20.1 Å². The van der Waals surface area contributed by atoms with Gasteiger partial charge >= 0.3 is 6.36 Å². The Balaban J connectivity index is 1.08. The van der Waals surface area contributed by atoms with Gasteiger partial charge in [0.25, 0.3) is 0 Å². The number of ether oxygens (including phenoxy) is 1. The first kappa shape index (κ1) is 32.2. The smallest absolute Gasteiger partial charge is 0.406 e. The predicted molar refractivity (Wildman–Crippen MR) is 175 cm³/mol. The number of unbranched alkanes of at least 4 members (excludes halogenated alkanes) is 1. The SMILES string of the molecule is CCCc1ccccc1N1C(=O)CSC1=NC(=S)NCCCCc1ccc(-c2ncn(-c3ccc(OC(F)(F)F)cc3)n2)cc1. The first-order chi connectivity index (χ1) is 21.7. The monoisotopic (exact) mass is 652 g/mol. The number of carbonyl (C=O) groups excluding carboxylic acids is 1. The summed E-state index contributed by atoms with van der Waals surface area (Å²) in [6, 6.07) is 21.3. The highest BCUT2D eigenvalue weighted by Crippen LogP contribution is 2.30. The van der Waals surface area contributed by atoms with Crippen molar-refractivity contribution in [3.8, 4) is 22.8 Å². The minimum absolute atomic E-state index is 0.00778. The fraction of sp³-hybridized carbons (Fsp3) is 0.281. The van der Waals surface area contributed by atoms with Crippen LogP contribution in [0.15, 0.2) is 84.1 Å². The quantitative estimate of drug-likeness (QED) is 0.137. The van der Waals surface area contributed by atoms with Gasteiger partial charge in [-0.05, 0) is 79.4 Å². The summed E-state index contributed by atoms with van der Waals surface area (Å²) >= 11 is 6.87. The van der Waals surface area contributed by atoms with Crippen LogP contribution in [0, 0.1) is 0 Å². The molecule has 0 unspecified atom stereocenters. The highest BCUT2D eigenvalue weighted by atomic mass is 32.2. The standard InChI is InChI=1S/C32H31F3N6O2S2/c1-2-7-23-9-3-4-10-27(23)41-28(42)20-45-31(41)38-30(44)36-19-6-5-8-22-11-13-24(14-12-22)29-37-21-40(39-29)25-15-17-26(18-16-25)43-32(33,34)35/h3-4,9-18,21H,2,5-8,19-20H2,1H3,(H,36,44). The summed E-state index contributed by atoms with van der Waals surface area (Å²) in [5, 5.41) is 8.62. The van der Waals surface area contributed by atoms with Crippen molar-refractivity contribution in [3.63, 3.8) is 0 Å². The number of aliphatic imine (C=N–C) groups is 1. The minimum atomic E-state index is -4.74. The van der Waals surface area contributed by atoms with Crippen LogP contribution in [-0.4, -0.2) is 49.6 Å². The number of hydrogen-bond donors (Lipinski definition) is 1. The maximum Gasteiger partial charge on any atom is 0.573 e. The first-order valence-corrected chi connectivity index (χ1v) is 15.9. The lowest BCUT2D eigenvalue weighted by atomic mass is 10.1. The zero-order valence-corrected chi connectivity index (χ0v) is 26.1. The maximum atomic E-state index is 12.7. The molecule has 1 aliphatic rings. The highest BCUT2D eigenvalue weighted by molar-refractivity contribution is 8.15. The normalized spacial score (nSPS) is 14.3. The molecule has 45 heavy (non-hydrogen) atoms. The van der Waals surface area contributed by atoms with Gasteiger partial charge in [-0.25, -0.2) is 9.67 Å². The second kappa shape index (κ2) is 14.7. The number of nitrogens with one attached hydrogen (secondary N) is 1. The van der Waals surface area contributed by atoms with E-state index in [1.807, 2.05) is 48.5 Å². The largest absolute Gasteiger partial charge is 0.573 e. The Labute approximate surface area is 268 Å². The van der Waals surface area contributed by atoms with Gasteiger partial charge in [-0.3, -0.25) is 9.69 Å². The molecule has 3 aromatic carbocycles. The van der Waals surface area contributed by atoms with Gasteiger partial charge in [-0.15, -0.1) is 18.3 Å². The van der Waals surface area contributed by atoms with Crippen molar-refractivity contribution in [3.05, 3.63) is 90.3 Å². The molecular formula is C32H31F3N6O2S2. The van der Waals surface area contributed by atoms with Crippen LogP contribution in [-0.2, 0) is 17.6 Å². The van der Waals surface area contributed by atoms with E-state index in [1.165, 1.54) is 52.6 Å². The molecule has 1 aliphatic heterocycles. The number of halogens is 3. The number of carbonyl (C=O) groups is 1. The average Bonchev–Trinajstić information content (AvgIpc) is 3.64. The van der Waals surface area contributed by atoms with Crippen LogP contribution in [0.2, 0.25) is 0 Å². The van der Waals surface area contributed by atoms with Crippen LogP contribution in [0.25, 0.3) is 17.1 Å². The number of thiocarbonyl (C=S) groups is 1. The van der Waals surface area contributed by atoms with Gasteiger partial charge in [0.05, 0.1) is 17.1 Å². The molecule has 0 bridgehead atoms. The number of thioether (sulfide) groups is 1. The molecule has 4 aromatic rings. The molecule has 2 heterocycles. The van der Waals surface area contributed by atoms with Crippen LogP contribution >= 0.6 is 24.0 Å². The third kappa shape index (κ3) is 8.70. The zero-order valence-electron chi connectivity index (χ0n) is 24.5. The molecule has 1 amide bonds. The fourth-order valence-corrected chi connectivity index (χ4v) is 5.92. The molecule has 0 saturated carbocycles. The van der Waals surface area contributed by atoms with Gasteiger partial charge in [-0.2, -0.15) is 4.99 Å². The summed E-state index contributed by atoms with van der Waals surface area (Å²) in [4.78, 5) is 23.3. The Morgan fingerprint density at radius 1 is 1.04 bits per heavy atom. The molecule has 13 heteroatoms. The predicted octanol–water partition coefficient (Wildman–Crippen LogP) is 7.12. The summed E-state index contributed by atoms with van der Waals surface area (Å²) in [5.74, 6) is 0.558. The van der Waals surface area contributed by atoms with Gasteiger partial charge in [0.1, 0.15) is 12.1 Å². The lowest BCUT2D eigenvalue weighted by Gasteiger charge is -2.19. The van der Waals surface area contributed by atoms with Crippen molar-refractivity contribution >= 4 is 45.9 Å². The second-order valence-corrected chi connectivity index (χ2v) is 11.6. The van der Waals surface area contributed by atoms with Gasteiger partial charge in [-0.1, -0.05) is 67.6 Å². The van der Waals surface area contributed by atoms with E-state index in [0.29, 0.717) is 34.1 Å². The zero-order chi connectivity index (χ0) is 31.8. The number of anilines is 1. The summed E-state index contributed by atoms with van der Waals surface area (Å²) < 4.78 is 42.6. The minimum Gasteiger partial charge on any atom is -0.406 e. The molecule has 1 N–H and O–H groups in total. The Kier molecular flexibility index (Phi) is 10.5. The van der Waals surface area contributed by atoms with Crippen molar-refractivity contribution in [2.24, 2.45) is 4.99 Å².